The Hall–Kier alpha value is -1.77. The van der Waals surface area contributed by atoms with E-state index < -0.39 is 5.97 Å². The summed E-state index contributed by atoms with van der Waals surface area (Å²) in [4.78, 5) is 10.6. The van der Waals surface area contributed by atoms with Crippen LogP contribution < -0.4 is 4.74 Å². The van der Waals surface area contributed by atoms with E-state index in [0.717, 1.165) is 0 Å². The quantitative estimate of drug-likeness (QED) is 0.745. The zero-order chi connectivity index (χ0) is 10.4. The minimum absolute atomic E-state index is 0.239. The fraction of sp³-hybridized carbons (Fsp3) is 0.182. The molecule has 74 valence electrons. The first-order valence-corrected chi connectivity index (χ1v) is 4.31. The molecule has 0 heterocycles. The standard InChI is InChI=1S/C11H12O3/c1-2-3-7-14-10-6-4-5-9(8-10)11(12)13/h2-6,8H,7H2,1H3,(H,12,13). The lowest BCUT2D eigenvalue weighted by Crippen LogP contribution is -1.98. The van der Waals surface area contributed by atoms with Crippen LogP contribution in [0.3, 0.4) is 0 Å². The van der Waals surface area contributed by atoms with Crippen molar-refractivity contribution in [2.45, 2.75) is 6.92 Å². The number of ether oxygens (including phenoxy) is 1. The molecule has 3 nitrogen and oxygen atoms in total. The molecule has 0 saturated carbocycles. The number of carboxylic acid groups (broad SMARTS) is 1. The molecule has 0 aliphatic rings. The van der Waals surface area contributed by atoms with Gasteiger partial charge < -0.3 is 9.84 Å². The molecule has 1 rings (SSSR count). The predicted molar refractivity (Wildman–Crippen MR) is 53.7 cm³/mol. The third-order valence-corrected chi connectivity index (χ3v) is 1.66. The van der Waals surface area contributed by atoms with Crippen molar-refractivity contribution in [3.63, 3.8) is 0 Å². The van der Waals surface area contributed by atoms with Crippen molar-refractivity contribution in [1.82, 2.24) is 0 Å². The lowest BCUT2D eigenvalue weighted by atomic mass is 10.2. The summed E-state index contributed by atoms with van der Waals surface area (Å²) in [5.74, 6) is -0.371. The Morgan fingerprint density at radius 2 is 2.36 bits per heavy atom. The number of benzene rings is 1. The maximum atomic E-state index is 10.6. The molecule has 0 aliphatic carbocycles. The second-order valence-electron chi connectivity index (χ2n) is 2.71. The van der Waals surface area contributed by atoms with Gasteiger partial charge in [-0.05, 0) is 25.1 Å². The molecule has 0 radical (unpaired) electrons. The normalized spacial score (nSPS) is 10.4. The SMILES string of the molecule is CC=CCOc1cccc(C(=O)O)c1. The summed E-state index contributed by atoms with van der Waals surface area (Å²) >= 11 is 0. The monoisotopic (exact) mass is 192 g/mol. The van der Waals surface area contributed by atoms with Gasteiger partial charge in [-0.15, -0.1) is 0 Å². The molecule has 1 aromatic rings. The minimum Gasteiger partial charge on any atom is -0.490 e. The van der Waals surface area contributed by atoms with Crippen LogP contribution in [0.1, 0.15) is 17.3 Å². The lowest BCUT2D eigenvalue weighted by Gasteiger charge is -2.03. The van der Waals surface area contributed by atoms with E-state index in [-0.39, 0.29) is 5.56 Å². The van der Waals surface area contributed by atoms with E-state index in [1.54, 1.807) is 12.1 Å². The van der Waals surface area contributed by atoms with Gasteiger partial charge in [0.15, 0.2) is 0 Å². The Balaban J connectivity index is 2.68. The number of carbonyl (C=O) groups is 1. The van der Waals surface area contributed by atoms with Crippen molar-refractivity contribution in [2.24, 2.45) is 0 Å². The molecule has 0 atom stereocenters. The number of carboxylic acids is 1. The number of hydrogen-bond acceptors (Lipinski definition) is 2. The Bertz CT molecular complexity index is 342. The average molecular weight is 192 g/mol. The van der Waals surface area contributed by atoms with Gasteiger partial charge in [0.25, 0.3) is 0 Å². The van der Waals surface area contributed by atoms with Gasteiger partial charge in [0.1, 0.15) is 12.4 Å². The maximum Gasteiger partial charge on any atom is 0.335 e. The molecule has 0 saturated heterocycles. The van der Waals surface area contributed by atoms with Crippen LogP contribution >= 0.6 is 0 Å². The van der Waals surface area contributed by atoms with Crippen molar-refractivity contribution in [1.29, 1.82) is 0 Å². The molecule has 1 N–H and O–H groups in total. The Labute approximate surface area is 82.6 Å². The van der Waals surface area contributed by atoms with Crippen molar-refractivity contribution in [2.75, 3.05) is 6.61 Å². The molecule has 0 fully saturated rings. The fourth-order valence-corrected chi connectivity index (χ4v) is 0.959. The Kier molecular flexibility index (Phi) is 3.73. The molecular formula is C11H12O3. The molecule has 0 spiro atoms. The lowest BCUT2D eigenvalue weighted by molar-refractivity contribution is 0.0696. The highest BCUT2D eigenvalue weighted by Gasteiger charge is 2.02. The smallest absolute Gasteiger partial charge is 0.335 e. The third kappa shape index (κ3) is 2.94. The van der Waals surface area contributed by atoms with Gasteiger partial charge >= 0.3 is 5.97 Å². The van der Waals surface area contributed by atoms with E-state index >= 15 is 0 Å². The van der Waals surface area contributed by atoms with Crippen LogP contribution in [0.5, 0.6) is 5.75 Å². The van der Waals surface area contributed by atoms with E-state index in [0.29, 0.717) is 12.4 Å². The van der Waals surface area contributed by atoms with Gasteiger partial charge in [0, 0.05) is 0 Å². The molecule has 0 amide bonds. The minimum atomic E-state index is -0.943. The summed E-state index contributed by atoms with van der Waals surface area (Å²) in [5, 5.41) is 8.71. The van der Waals surface area contributed by atoms with Crippen molar-refractivity contribution in [3.05, 3.63) is 42.0 Å². The van der Waals surface area contributed by atoms with Crippen LogP contribution in [0.2, 0.25) is 0 Å². The fourth-order valence-electron chi connectivity index (χ4n) is 0.959. The van der Waals surface area contributed by atoms with Crippen LogP contribution in [0, 0.1) is 0 Å². The van der Waals surface area contributed by atoms with Crippen LogP contribution in [0.25, 0.3) is 0 Å². The van der Waals surface area contributed by atoms with Gasteiger partial charge in [-0.1, -0.05) is 18.2 Å². The average Bonchev–Trinajstić information content (AvgIpc) is 2.19. The third-order valence-electron chi connectivity index (χ3n) is 1.66. The van der Waals surface area contributed by atoms with Crippen molar-refractivity contribution < 1.29 is 14.6 Å². The Morgan fingerprint density at radius 1 is 1.57 bits per heavy atom. The highest BCUT2D eigenvalue weighted by molar-refractivity contribution is 5.87. The second kappa shape index (κ2) is 5.07. The van der Waals surface area contributed by atoms with Crippen LogP contribution in [0.4, 0.5) is 0 Å². The van der Waals surface area contributed by atoms with Crippen LogP contribution in [-0.4, -0.2) is 17.7 Å². The zero-order valence-corrected chi connectivity index (χ0v) is 7.93. The maximum absolute atomic E-state index is 10.6. The highest BCUT2D eigenvalue weighted by atomic mass is 16.5. The summed E-state index contributed by atoms with van der Waals surface area (Å²) in [6, 6.07) is 6.43. The molecule has 3 heteroatoms. The van der Waals surface area contributed by atoms with E-state index in [2.05, 4.69) is 0 Å². The summed E-state index contributed by atoms with van der Waals surface area (Å²) < 4.78 is 5.29. The molecule has 0 bridgehead atoms. The molecule has 0 aliphatic heterocycles. The van der Waals surface area contributed by atoms with Gasteiger partial charge in [0.05, 0.1) is 5.56 Å². The highest BCUT2D eigenvalue weighted by Crippen LogP contribution is 2.13. The second-order valence-corrected chi connectivity index (χ2v) is 2.71. The van der Waals surface area contributed by atoms with Crippen molar-refractivity contribution >= 4 is 5.97 Å². The Morgan fingerprint density at radius 3 is 3.00 bits per heavy atom. The number of rotatable bonds is 4. The van der Waals surface area contributed by atoms with Crippen LogP contribution in [-0.2, 0) is 0 Å². The van der Waals surface area contributed by atoms with Gasteiger partial charge in [-0.2, -0.15) is 0 Å². The van der Waals surface area contributed by atoms with E-state index in [1.807, 2.05) is 19.1 Å². The summed E-state index contributed by atoms with van der Waals surface area (Å²) in [7, 11) is 0. The largest absolute Gasteiger partial charge is 0.490 e. The van der Waals surface area contributed by atoms with Crippen molar-refractivity contribution in [3.8, 4) is 5.75 Å². The summed E-state index contributed by atoms with van der Waals surface area (Å²) in [6.07, 6.45) is 3.73. The van der Waals surface area contributed by atoms with Gasteiger partial charge in [0.2, 0.25) is 0 Å². The molecule has 0 aromatic heterocycles. The molecular weight excluding hydrogens is 180 g/mol. The number of hydrogen-bond donors (Lipinski definition) is 1. The van der Waals surface area contributed by atoms with Crippen LogP contribution in [0.15, 0.2) is 36.4 Å². The topological polar surface area (TPSA) is 46.5 Å². The van der Waals surface area contributed by atoms with E-state index in [4.69, 9.17) is 9.84 Å². The predicted octanol–water partition coefficient (Wildman–Crippen LogP) is 2.34. The molecule has 1 aromatic carbocycles. The summed E-state index contributed by atoms with van der Waals surface area (Å²) in [5.41, 5.74) is 0.239. The molecule has 0 unspecified atom stereocenters. The van der Waals surface area contributed by atoms with Gasteiger partial charge in [-0.3, -0.25) is 0 Å². The first kappa shape index (κ1) is 10.3. The first-order chi connectivity index (χ1) is 6.74. The number of aromatic carboxylic acids is 1. The zero-order valence-electron chi connectivity index (χ0n) is 7.93. The first-order valence-electron chi connectivity index (χ1n) is 4.31. The molecule has 14 heavy (non-hydrogen) atoms. The van der Waals surface area contributed by atoms with E-state index in [9.17, 15) is 4.79 Å². The van der Waals surface area contributed by atoms with E-state index in [1.165, 1.54) is 12.1 Å². The van der Waals surface area contributed by atoms with Gasteiger partial charge in [-0.25, -0.2) is 4.79 Å². The number of allylic oxidation sites excluding steroid dienone is 1. The summed E-state index contributed by atoms with van der Waals surface area (Å²) in [6.45, 7) is 2.36.